The van der Waals surface area contributed by atoms with E-state index in [2.05, 4.69) is 56.8 Å². The van der Waals surface area contributed by atoms with Gasteiger partial charge in [0.25, 0.3) is 0 Å². The number of rotatable bonds is 4. The van der Waals surface area contributed by atoms with Gasteiger partial charge < -0.3 is 10.2 Å². The van der Waals surface area contributed by atoms with Crippen molar-refractivity contribution in [3.05, 3.63) is 39.8 Å². The van der Waals surface area contributed by atoms with Gasteiger partial charge in [0.2, 0.25) is 0 Å². The second kappa shape index (κ2) is 7.01. The molecule has 2 heterocycles. The molecule has 1 aliphatic heterocycles. The molecule has 0 amide bonds. The van der Waals surface area contributed by atoms with Crippen molar-refractivity contribution in [1.82, 2.24) is 15.2 Å². The Labute approximate surface area is 138 Å². The second-order valence-corrected chi connectivity index (χ2v) is 7.39. The Morgan fingerprint density at radius 3 is 2.95 bits per heavy atom. The highest BCUT2D eigenvalue weighted by Gasteiger charge is 2.16. The summed E-state index contributed by atoms with van der Waals surface area (Å²) in [5.41, 5.74) is 2.33. The Kier molecular flexibility index (Phi) is 5.06. The van der Waals surface area contributed by atoms with Crippen LogP contribution in [0.4, 0.5) is 0 Å². The number of hydrogen-bond acceptors (Lipinski definition) is 4. The lowest BCUT2D eigenvalue weighted by molar-refractivity contribution is 0.234. The van der Waals surface area contributed by atoms with Gasteiger partial charge in [-0.05, 0) is 45.1 Å². The predicted molar refractivity (Wildman–Crippen MR) is 92.6 cm³/mol. The average molecular weight is 366 g/mol. The molecule has 1 aliphatic rings. The van der Waals surface area contributed by atoms with E-state index in [0.717, 1.165) is 21.7 Å². The van der Waals surface area contributed by atoms with E-state index >= 15 is 0 Å². The minimum atomic E-state index is 0.636. The molecule has 112 valence electrons. The fourth-order valence-corrected chi connectivity index (χ4v) is 3.82. The van der Waals surface area contributed by atoms with Gasteiger partial charge in [0.1, 0.15) is 5.01 Å². The molecular weight excluding hydrogens is 346 g/mol. The number of nitrogens with zero attached hydrogens (tertiary/aromatic N) is 2. The Bertz CT molecular complexity index is 591. The molecule has 1 saturated heterocycles. The summed E-state index contributed by atoms with van der Waals surface area (Å²) < 4.78 is 1.10. The fourth-order valence-electron chi connectivity index (χ4n) is 2.60. The lowest BCUT2D eigenvalue weighted by atomic mass is 10.1. The molecule has 0 radical (unpaired) electrons. The number of piperidine rings is 1. The lowest BCUT2D eigenvalue weighted by Gasteiger charge is -2.29. The third-order valence-corrected chi connectivity index (χ3v) is 5.35. The first kappa shape index (κ1) is 15.2. The van der Waals surface area contributed by atoms with Crippen molar-refractivity contribution >= 4 is 27.3 Å². The zero-order valence-corrected chi connectivity index (χ0v) is 14.6. The normalized spacial score (nSPS) is 17.2. The molecule has 0 spiro atoms. The highest BCUT2D eigenvalue weighted by molar-refractivity contribution is 9.10. The minimum absolute atomic E-state index is 0.636. The monoisotopic (exact) mass is 365 g/mol. The highest BCUT2D eigenvalue weighted by atomic mass is 79.9. The second-order valence-electron chi connectivity index (χ2n) is 5.61. The van der Waals surface area contributed by atoms with Gasteiger partial charge in [-0.15, -0.1) is 11.3 Å². The molecular formula is C16H20BrN3S. The van der Waals surface area contributed by atoms with Crippen LogP contribution in [0.5, 0.6) is 0 Å². The van der Waals surface area contributed by atoms with Crippen LogP contribution in [-0.4, -0.2) is 36.1 Å². The van der Waals surface area contributed by atoms with Crippen LogP contribution in [-0.2, 0) is 6.54 Å². The van der Waals surface area contributed by atoms with Gasteiger partial charge in [0, 0.05) is 28.0 Å². The third kappa shape index (κ3) is 4.13. The first-order chi connectivity index (χ1) is 10.2. The van der Waals surface area contributed by atoms with Crippen molar-refractivity contribution < 1.29 is 0 Å². The van der Waals surface area contributed by atoms with E-state index in [1.54, 1.807) is 11.3 Å². The van der Waals surface area contributed by atoms with E-state index in [-0.39, 0.29) is 0 Å². The maximum absolute atomic E-state index is 4.75. The summed E-state index contributed by atoms with van der Waals surface area (Å²) in [5.74, 6) is 0. The summed E-state index contributed by atoms with van der Waals surface area (Å²) in [6.07, 6.45) is 2.47. The molecule has 0 saturated carbocycles. The summed E-state index contributed by atoms with van der Waals surface area (Å²) in [6, 6.07) is 8.96. The lowest BCUT2D eigenvalue weighted by Crippen LogP contribution is -2.40. The molecule has 0 unspecified atom stereocenters. The van der Waals surface area contributed by atoms with Crippen molar-refractivity contribution in [2.24, 2.45) is 0 Å². The molecule has 1 fully saturated rings. The van der Waals surface area contributed by atoms with E-state index in [4.69, 9.17) is 4.98 Å². The van der Waals surface area contributed by atoms with Gasteiger partial charge in [0.15, 0.2) is 0 Å². The van der Waals surface area contributed by atoms with Gasteiger partial charge in [-0.1, -0.05) is 28.1 Å². The zero-order valence-electron chi connectivity index (χ0n) is 12.2. The molecule has 0 bridgehead atoms. The smallest absolute Gasteiger partial charge is 0.123 e. The van der Waals surface area contributed by atoms with Gasteiger partial charge >= 0.3 is 0 Å². The number of thiazole rings is 1. The van der Waals surface area contributed by atoms with Crippen molar-refractivity contribution in [2.45, 2.75) is 25.4 Å². The molecule has 1 aromatic carbocycles. The van der Waals surface area contributed by atoms with Crippen LogP contribution >= 0.6 is 27.3 Å². The Morgan fingerprint density at radius 2 is 2.19 bits per heavy atom. The van der Waals surface area contributed by atoms with Crippen LogP contribution in [0.2, 0.25) is 0 Å². The van der Waals surface area contributed by atoms with E-state index in [1.165, 1.54) is 31.5 Å². The van der Waals surface area contributed by atoms with Crippen molar-refractivity contribution in [1.29, 1.82) is 0 Å². The van der Waals surface area contributed by atoms with Crippen LogP contribution in [0, 0.1) is 0 Å². The molecule has 3 rings (SSSR count). The quantitative estimate of drug-likeness (QED) is 0.893. The van der Waals surface area contributed by atoms with Crippen LogP contribution in [0.1, 0.15) is 18.5 Å². The molecule has 0 aliphatic carbocycles. The number of aromatic nitrogens is 1. The van der Waals surface area contributed by atoms with Crippen molar-refractivity contribution in [2.75, 3.05) is 20.1 Å². The average Bonchev–Trinajstić information content (AvgIpc) is 2.96. The fraction of sp³-hybridized carbons (Fsp3) is 0.438. The van der Waals surface area contributed by atoms with Gasteiger partial charge in [-0.2, -0.15) is 0 Å². The maximum Gasteiger partial charge on any atom is 0.123 e. The Balaban J connectivity index is 1.58. The van der Waals surface area contributed by atoms with E-state index in [0.29, 0.717) is 6.04 Å². The van der Waals surface area contributed by atoms with Gasteiger partial charge in [0.05, 0.1) is 5.69 Å². The number of halogens is 1. The van der Waals surface area contributed by atoms with Gasteiger partial charge in [-0.3, -0.25) is 0 Å². The van der Waals surface area contributed by atoms with Crippen LogP contribution < -0.4 is 5.32 Å². The largest absolute Gasteiger partial charge is 0.308 e. The summed E-state index contributed by atoms with van der Waals surface area (Å²) in [7, 11) is 2.20. The third-order valence-electron chi connectivity index (χ3n) is 3.91. The first-order valence-electron chi connectivity index (χ1n) is 7.33. The van der Waals surface area contributed by atoms with Crippen molar-refractivity contribution in [3.63, 3.8) is 0 Å². The SMILES string of the molecule is CN1CCC(NCc2csc(-c3cccc(Br)c3)n2)CC1. The van der Waals surface area contributed by atoms with Crippen LogP contribution in [0.3, 0.4) is 0 Å². The molecule has 21 heavy (non-hydrogen) atoms. The standard InChI is InChI=1S/C16H20BrN3S/c1-20-7-5-14(6-8-20)18-10-15-11-21-16(19-15)12-3-2-4-13(17)9-12/h2-4,9,11,14,18H,5-8,10H2,1H3. The number of nitrogens with one attached hydrogen (secondary N) is 1. The summed E-state index contributed by atoms with van der Waals surface area (Å²) in [4.78, 5) is 7.14. The Morgan fingerprint density at radius 1 is 1.38 bits per heavy atom. The summed E-state index contributed by atoms with van der Waals surface area (Å²) in [5, 5.41) is 6.90. The first-order valence-corrected chi connectivity index (χ1v) is 9.00. The molecule has 2 aromatic rings. The Hall–Kier alpha value is -0.750. The molecule has 3 nitrogen and oxygen atoms in total. The summed E-state index contributed by atoms with van der Waals surface area (Å²) >= 11 is 5.23. The number of benzene rings is 1. The van der Waals surface area contributed by atoms with Crippen molar-refractivity contribution in [3.8, 4) is 10.6 Å². The van der Waals surface area contributed by atoms with E-state index in [1.807, 2.05) is 6.07 Å². The minimum Gasteiger partial charge on any atom is -0.308 e. The summed E-state index contributed by atoms with van der Waals surface area (Å²) in [6.45, 7) is 3.26. The zero-order chi connectivity index (χ0) is 14.7. The van der Waals surface area contributed by atoms with E-state index < -0.39 is 0 Å². The highest BCUT2D eigenvalue weighted by Crippen LogP contribution is 2.26. The molecule has 0 atom stereocenters. The van der Waals surface area contributed by atoms with E-state index in [9.17, 15) is 0 Å². The van der Waals surface area contributed by atoms with Crippen LogP contribution in [0.25, 0.3) is 10.6 Å². The molecule has 5 heteroatoms. The number of likely N-dealkylation sites (tertiary alicyclic amines) is 1. The molecule has 1 N–H and O–H groups in total. The van der Waals surface area contributed by atoms with Gasteiger partial charge in [-0.25, -0.2) is 4.98 Å². The number of hydrogen-bond donors (Lipinski definition) is 1. The maximum atomic E-state index is 4.75. The molecule has 1 aromatic heterocycles. The predicted octanol–water partition coefficient (Wildman–Crippen LogP) is 3.76. The van der Waals surface area contributed by atoms with Crippen LogP contribution in [0.15, 0.2) is 34.1 Å². The topological polar surface area (TPSA) is 28.2 Å².